The fourth-order valence-electron chi connectivity index (χ4n) is 2.95. The first-order valence-corrected chi connectivity index (χ1v) is 11.1. The molecular weight excluding hydrogens is 453 g/mol. The van der Waals surface area contributed by atoms with Crippen molar-refractivity contribution < 1.29 is 19.1 Å². The van der Waals surface area contributed by atoms with Gasteiger partial charge in [-0.2, -0.15) is 0 Å². The Balaban J connectivity index is 1.61. The van der Waals surface area contributed by atoms with Crippen LogP contribution in [0.1, 0.15) is 36.8 Å². The highest BCUT2D eigenvalue weighted by molar-refractivity contribution is 6.35. The number of carbonyl (C=O) groups is 3. The quantitative estimate of drug-likeness (QED) is 0.399. The van der Waals surface area contributed by atoms with Gasteiger partial charge in [-0.15, -0.1) is 0 Å². The van der Waals surface area contributed by atoms with Crippen molar-refractivity contribution in [3.8, 4) is 0 Å². The molecule has 0 saturated heterocycles. The number of carbonyl (C=O) groups excluding carboxylic acids is 3. The van der Waals surface area contributed by atoms with E-state index in [2.05, 4.69) is 10.6 Å². The van der Waals surface area contributed by atoms with Crippen molar-refractivity contribution in [3.63, 3.8) is 0 Å². The number of halogens is 2. The average Bonchev–Trinajstić information content (AvgIpc) is 2.76. The first-order chi connectivity index (χ1) is 15.3. The fraction of sp³-hybridized carbons (Fsp3) is 0.348. The SMILES string of the molecule is NC(=O)[C@@H](Cc1ccc(Cl)cc1Cl)NC(=O)CCCCCNC(=O)OCc1ccccc1. The van der Waals surface area contributed by atoms with Crippen molar-refractivity contribution in [3.05, 3.63) is 69.7 Å². The molecule has 0 aliphatic rings. The summed E-state index contributed by atoms with van der Waals surface area (Å²) in [7, 11) is 0. The Hall–Kier alpha value is -2.77. The molecule has 0 bridgehead atoms. The molecular formula is C23H27Cl2N3O4. The third kappa shape index (κ3) is 9.58. The summed E-state index contributed by atoms with van der Waals surface area (Å²) in [6.07, 6.45) is 2.00. The first kappa shape index (κ1) is 25.5. The molecule has 2 aromatic carbocycles. The summed E-state index contributed by atoms with van der Waals surface area (Å²) in [6.45, 7) is 0.670. The number of hydrogen-bond acceptors (Lipinski definition) is 4. The topological polar surface area (TPSA) is 111 Å². The second-order valence-corrected chi connectivity index (χ2v) is 8.11. The van der Waals surface area contributed by atoms with E-state index in [1.807, 2.05) is 30.3 Å². The van der Waals surface area contributed by atoms with Gasteiger partial charge >= 0.3 is 6.09 Å². The van der Waals surface area contributed by atoms with Crippen molar-refractivity contribution in [1.82, 2.24) is 10.6 Å². The van der Waals surface area contributed by atoms with Gasteiger partial charge in [0.15, 0.2) is 0 Å². The normalized spacial score (nSPS) is 11.4. The Morgan fingerprint density at radius 1 is 1.00 bits per heavy atom. The molecule has 9 heteroatoms. The van der Waals surface area contributed by atoms with Crippen LogP contribution in [-0.2, 0) is 27.4 Å². The molecule has 0 aromatic heterocycles. The van der Waals surface area contributed by atoms with E-state index in [-0.39, 0.29) is 25.4 Å². The Morgan fingerprint density at radius 2 is 1.75 bits per heavy atom. The van der Waals surface area contributed by atoms with Gasteiger partial charge < -0.3 is 21.1 Å². The third-order valence-corrected chi connectivity index (χ3v) is 5.27. The number of ether oxygens (including phenoxy) is 1. The van der Waals surface area contributed by atoms with Gasteiger partial charge in [-0.05, 0) is 36.1 Å². The molecule has 0 radical (unpaired) electrons. The van der Waals surface area contributed by atoms with Gasteiger partial charge in [0.2, 0.25) is 11.8 Å². The summed E-state index contributed by atoms with van der Waals surface area (Å²) in [5.74, 6) is -0.906. The summed E-state index contributed by atoms with van der Waals surface area (Å²) >= 11 is 12.0. The minimum Gasteiger partial charge on any atom is -0.445 e. The molecule has 7 nitrogen and oxygen atoms in total. The maximum atomic E-state index is 12.2. The highest BCUT2D eigenvalue weighted by atomic mass is 35.5. The molecule has 2 rings (SSSR count). The summed E-state index contributed by atoms with van der Waals surface area (Å²) in [4.78, 5) is 35.6. The molecule has 0 heterocycles. The van der Waals surface area contributed by atoms with E-state index in [1.165, 1.54) is 0 Å². The number of unbranched alkanes of at least 4 members (excludes halogenated alkanes) is 2. The van der Waals surface area contributed by atoms with Crippen LogP contribution in [0.4, 0.5) is 4.79 Å². The van der Waals surface area contributed by atoms with E-state index in [0.29, 0.717) is 35.0 Å². The van der Waals surface area contributed by atoms with Gasteiger partial charge in [-0.25, -0.2) is 4.79 Å². The van der Waals surface area contributed by atoms with Crippen LogP contribution in [0.3, 0.4) is 0 Å². The summed E-state index contributed by atoms with van der Waals surface area (Å²) in [5, 5.41) is 6.23. The van der Waals surface area contributed by atoms with Gasteiger partial charge in [0.05, 0.1) is 0 Å². The second kappa shape index (κ2) is 13.6. The number of alkyl carbamates (subject to hydrolysis) is 1. The smallest absolute Gasteiger partial charge is 0.407 e. The van der Waals surface area contributed by atoms with Gasteiger partial charge in [0.1, 0.15) is 12.6 Å². The molecule has 0 fully saturated rings. The maximum absolute atomic E-state index is 12.2. The monoisotopic (exact) mass is 479 g/mol. The van der Waals surface area contributed by atoms with Crippen molar-refractivity contribution in [1.29, 1.82) is 0 Å². The lowest BCUT2D eigenvalue weighted by Gasteiger charge is -2.16. The molecule has 0 aliphatic heterocycles. The Labute approximate surface area is 197 Å². The van der Waals surface area contributed by atoms with Crippen LogP contribution >= 0.6 is 23.2 Å². The molecule has 1 atom stereocenters. The number of primary amides is 1. The number of nitrogens with two attached hydrogens (primary N) is 1. The number of amides is 3. The van der Waals surface area contributed by atoms with E-state index in [4.69, 9.17) is 33.7 Å². The molecule has 4 N–H and O–H groups in total. The molecule has 0 unspecified atom stereocenters. The molecule has 3 amide bonds. The Morgan fingerprint density at radius 3 is 2.44 bits per heavy atom. The van der Waals surface area contributed by atoms with E-state index in [0.717, 1.165) is 12.0 Å². The lowest BCUT2D eigenvalue weighted by molar-refractivity contribution is -0.127. The van der Waals surface area contributed by atoms with Crippen molar-refractivity contribution in [2.45, 2.75) is 44.8 Å². The summed E-state index contributed by atoms with van der Waals surface area (Å²) in [5.41, 5.74) is 7.01. The number of hydrogen-bond donors (Lipinski definition) is 3. The predicted molar refractivity (Wildman–Crippen MR) is 124 cm³/mol. The largest absolute Gasteiger partial charge is 0.445 e. The zero-order chi connectivity index (χ0) is 23.3. The molecule has 172 valence electrons. The van der Waals surface area contributed by atoms with Crippen LogP contribution in [0.25, 0.3) is 0 Å². The van der Waals surface area contributed by atoms with E-state index in [1.54, 1.807) is 18.2 Å². The number of rotatable bonds is 12. The molecule has 2 aromatic rings. The third-order valence-electron chi connectivity index (χ3n) is 4.68. The second-order valence-electron chi connectivity index (χ2n) is 7.26. The van der Waals surface area contributed by atoms with Crippen LogP contribution in [-0.4, -0.2) is 30.5 Å². The van der Waals surface area contributed by atoms with Crippen molar-refractivity contribution >= 4 is 41.1 Å². The fourth-order valence-corrected chi connectivity index (χ4v) is 3.43. The van der Waals surface area contributed by atoms with E-state index in [9.17, 15) is 14.4 Å². The molecule has 0 saturated carbocycles. The van der Waals surface area contributed by atoms with Crippen LogP contribution < -0.4 is 16.4 Å². The zero-order valence-electron chi connectivity index (χ0n) is 17.6. The van der Waals surface area contributed by atoms with Gasteiger partial charge in [-0.1, -0.05) is 66.0 Å². The Kier molecular flexibility index (Phi) is 10.8. The van der Waals surface area contributed by atoms with Crippen LogP contribution in [0.15, 0.2) is 48.5 Å². The lowest BCUT2D eigenvalue weighted by Crippen LogP contribution is -2.45. The van der Waals surface area contributed by atoms with Crippen LogP contribution in [0.5, 0.6) is 0 Å². The van der Waals surface area contributed by atoms with Crippen LogP contribution in [0, 0.1) is 0 Å². The average molecular weight is 480 g/mol. The molecule has 0 spiro atoms. The minimum absolute atomic E-state index is 0.187. The maximum Gasteiger partial charge on any atom is 0.407 e. The van der Waals surface area contributed by atoms with Crippen molar-refractivity contribution in [2.24, 2.45) is 5.73 Å². The van der Waals surface area contributed by atoms with Gasteiger partial charge in [0.25, 0.3) is 0 Å². The highest BCUT2D eigenvalue weighted by Gasteiger charge is 2.19. The van der Waals surface area contributed by atoms with Crippen LogP contribution in [0.2, 0.25) is 10.0 Å². The summed E-state index contributed by atoms with van der Waals surface area (Å²) < 4.78 is 5.13. The van der Waals surface area contributed by atoms with Gasteiger partial charge in [0, 0.05) is 29.4 Å². The lowest BCUT2D eigenvalue weighted by atomic mass is 10.0. The van der Waals surface area contributed by atoms with Crippen molar-refractivity contribution in [2.75, 3.05) is 6.54 Å². The highest BCUT2D eigenvalue weighted by Crippen LogP contribution is 2.22. The standard InChI is InChI=1S/C23H27Cl2N3O4/c24-18-11-10-17(19(25)14-18)13-20(22(26)30)28-21(29)9-5-2-6-12-27-23(31)32-15-16-7-3-1-4-8-16/h1,3-4,7-8,10-11,14,20H,2,5-6,9,12-13,15H2,(H2,26,30)(H,27,31)(H,28,29)/t20-/m1/s1. The number of nitrogens with one attached hydrogen (secondary N) is 2. The summed E-state index contributed by atoms with van der Waals surface area (Å²) in [6, 6.07) is 13.5. The first-order valence-electron chi connectivity index (χ1n) is 10.3. The predicted octanol–water partition coefficient (Wildman–Crippen LogP) is 3.99. The Bertz CT molecular complexity index is 909. The van der Waals surface area contributed by atoms with E-state index >= 15 is 0 Å². The van der Waals surface area contributed by atoms with E-state index < -0.39 is 18.0 Å². The molecule has 0 aliphatic carbocycles. The number of benzene rings is 2. The molecule has 32 heavy (non-hydrogen) atoms. The zero-order valence-corrected chi connectivity index (χ0v) is 19.1. The van der Waals surface area contributed by atoms with Gasteiger partial charge in [-0.3, -0.25) is 9.59 Å². The minimum atomic E-state index is -0.859.